The number of hydrogen-bond donors (Lipinski definition) is 2. The molecule has 0 saturated carbocycles. The second-order valence-electron chi connectivity index (χ2n) is 4.94. The minimum Gasteiger partial charge on any atom is -0.378 e. The summed E-state index contributed by atoms with van der Waals surface area (Å²) in [5.74, 6) is -0.0234. The molecule has 0 saturated heterocycles. The van der Waals surface area contributed by atoms with Crippen LogP contribution >= 0.6 is 0 Å². The molecule has 0 fully saturated rings. The topological polar surface area (TPSA) is 61.4 Å². The summed E-state index contributed by atoms with van der Waals surface area (Å²) in [6.45, 7) is 4.32. The second kappa shape index (κ2) is 7.53. The van der Waals surface area contributed by atoms with Gasteiger partial charge in [-0.2, -0.15) is 0 Å². The van der Waals surface area contributed by atoms with Crippen LogP contribution in [0.15, 0.2) is 18.2 Å². The van der Waals surface area contributed by atoms with E-state index in [1.54, 1.807) is 0 Å². The van der Waals surface area contributed by atoms with Crippen LogP contribution in [0.3, 0.4) is 0 Å². The van der Waals surface area contributed by atoms with E-state index in [1.165, 1.54) is 6.92 Å². The fourth-order valence-electron chi connectivity index (χ4n) is 1.76. The number of hydrogen-bond acceptors (Lipinski definition) is 3. The van der Waals surface area contributed by atoms with Crippen LogP contribution in [0.25, 0.3) is 0 Å². The van der Waals surface area contributed by atoms with Crippen molar-refractivity contribution in [1.29, 1.82) is 0 Å². The van der Waals surface area contributed by atoms with Gasteiger partial charge in [-0.15, -0.1) is 0 Å². The van der Waals surface area contributed by atoms with Crippen molar-refractivity contribution in [1.82, 2.24) is 10.6 Å². The first-order chi connectivity index (χ1) is 9.42. The van der Waals surface area contributed by atoms with Crippen molar-refractivity contribution in [2.75, 3.05) is 19.0 Å². The normalized spacial score (nSPS) is 10.0. The molecule has 110 valence electrons. The van der Waals surface area contributed by atoms with Gasteiger partial charge in [0.2, 0.25) is 11.8 Å². The Hall–Kier alpha value is -2.04. The Balaban J connectivity index is 2.86. The maximum atomic E-state index is 11.3. The minimum absolute atomic E-state index is 0.0312. The summed E-state index contributed by atoms with van der Waals surface area (Å²) >= 11 is 0. The zero-order chi connectivity index (χ0) is 15.1. The van der Waals surface area contributed by atoms with E-state index < -0.39 is 0 Å². The molecule has 0 unspecified atom stereocenters. The summed E-state index contributed by atoms with van der Waals surface area (Å²) in [5, 5.41) is 5.65. The van der Waals surface area contributed by atoms with Crippen molar-refractivity contribution in [2.45, 2.75) is 33.4 Å². The molecule has 0 atom stereocenters. The number of nitrogens with one attached hydrogen (secondary N) is 2. The molecule has 20 heavy (non-hydrogen) atoms. The molecule has 0 aliphatic rings. The quantitative estimate of drug-likeness (QED) is 0.826. The average molecular weight is 277 g/mol. The van der Waals surface area contributed by atoms with Gasteiger partial charge in [0, 0.05) is 46.2 Å². The van der Waals surface area contributed by atoms with Gasteiger partial charge in [-0.1, -0.05) is 13.0 Å². The van der Waals surface area contributed by atoms with Gasteiger partial charge in [-0.25, -0.2) is 0 Å². The number of rotatable bonds is 6. The van der Waals surface area contributed by atoms with Crippen molar-refractivity contribution in [2.24, 2.45) is 0 Å². The molecule has 1 aromatic carbocycles. The number of benzene rings is 1. The summed E-state index contributed by atoms with van der Waals surface area (Å²) in [6, 6.07) is 6.06. The predicted molar refractivity (Wildman–Crippen MR) is 80.4 cm³/mol. The Kier molecular flexibility index (Phi) is 6.03. The zero-order valence-corrected chi connectivity index (χ0v) is 12.6. The number of anilines is 1. The molecule has 0 spiro atoms. The fraction of sp³-hybridized carbons (Fsp3) is 0.467. The Morgan fingerprint density at radius 3 is 2.05 bits per heavy atom. The molecule has 1 rings (SSSR count). The highest BCUT2D eigenvalue weighted by Crippen LogP contribution is 2.17. The van der Waals surface area contributed by atoms with Crippen molar-refractivity contribution in [3.05, 3.63) is 29.3 Å². The minimum atomic E-state index is -0.0545. The number of carbonyl (C=O) groups is 2. The highest BCUT2D eigenvalue weighted by molar-refractivity contribution is 5.75. The molecule has 2 N–H and O–H groups in total. The van der Waals surface area contributed by atoms with Crippen molar-refractivity contribution >= 4 is 17.5 Å². The lowest BCUT2D eigenvalue weighted by molar-refractivity contribution is -0.121. The molecule has 0 radical (unpaired) electrons. The third-order valence-corrected chi connectivity index (χ3v) is 2.91. The SMILES string of the molecule is CCC(=O)NCc1cc(CNC(C)=O)cc(N(C)C)c1. The van der Waals surface area contributed by atoms with E-state index in [0.717, 1.165) is 16.8 Å². The van der Waals surface area contributed by atoms with Crippen LogP contribution in [-0.2, 0) is 22.7 Å². The van der Waals surface area contributed by atoms with E-state index in [-0.39, 0.29) is 11.8 Å². The first kappa shape index (κ1) is 16.0. The van der Waals surface area contributed by atoms with Crippen LogP contribution in [-0.4, -0.2) is 25.9 Å². The molecule has 0 heterocycles. The van der Waals surface area contributed by atoms with Gasteiger partial charge in [0.1, 0.15) is 0 Å². The molecule has 0 aliphatic heterocycles. The van der Waals surface area contributed by atoms with Gasteiger partial charge in [0.05, 0.1) is 0 Å². The Bertz CT molecular complexity index is 484. The first-order valence-electron chi connectivity index (χ1n) is 6.73. The molecule has 0 aliphatic carbocycles. The van der Waals surface area contributed by atoms with E-state index >= 15 is 0 Å². The van der Waals surface area contributed by atoms with Gasteiger partial charge < -0.3 is 15.5 Å². The summed E-state index contributed by atoms with van der Waals surface area (Å²) in [6.07, 6.45) is 0.478. The molecule has 5 nitrogen and oxygen atoms in total. The number of amides is 2. The highest BCUT2D eigenvalue weighted by Gasteiger charge is 2.05. The standard InChI is InChI=1S/C15H23N3O2/c1-5-15(20)17-10-13-6-12(9-16-11(2)19)7-14(8-13)18(3)4/h6-8H,5,9-10H2,1-4H3,(H,16,19)(H,17,20). The average Bonchev–Trinajstić information content (AvgIpc) is 2.42. The highest BCUT2D eigenvalue weighted by atomic mass is 16.2. The monoisotopic (exact) mass is 277 g/mol. The van der Waals surface area contributed by atoms with Gasteiger partial charge in [-0.05, 0) is 23.3 Å². The third-order valence-electron chi connectivity index (χ3n) is 2.91. The van der Waals surface area contributed by atoms with Gasteiger partial charge in [-0.3, -0.25) is 9.59 Å². The van der Waals surface area contributed by atoms with Crippen LogP contribution in [0.5, 0.6) is 0 Å². The van der Waals surface area contributed by atoms with Gasteiger partial charge in [0.15, 0.2) is 0 Å². The van der Waals surface area contributed by atoms with Crippen molar-refractivity contribution in [3.63, 3.8) is 0 Å². The molecule has 2 amide bonds. The van der Waals surface area contributed by atoms with Gasteiger partial charge in [0.25, 0.3) is 0 Å². The zero-order valence-electron chi connectivity index (χ0n) is 12.6. The summed E-state index contributed by atoms with van der Waals surface area (Å²) < 4.78 is 0. The largest absolute Gasteiger partial charge is 0.378 e. The number of nitrogens with zero attached hydrogens (tertiary/aromatic N) is 1. The lowest BCUT2D eigenvalue weighted by Gasteiger charge is -2.16. The van der Waals surface area contributed by atoms with Crippen LogP contribution in [0.2, 0.25) is 0 Å². The molecule has 5 heteroatoms. The van der Waals surface area contributed by atoms with Crippen LogP contribution in [0.4, 0.5) is 5.69 Å². The van der Waals surface area contributed by atoms with E-state index in [9.17, 15) is 9.59 Å². The predicted octanol–water partition coefficient (Wildman–Crippen LogP) is 1.41. The van der Waals surface area contributed by atoms with Crippen LogP contribution < -0.4 is 15.5 Å². The van der Waals surface area contributed by atoms with E-state index in [0.29, 0.717) is 19.5 Å². The number of carbonyl (C=O) groups excluding carboxylic acids is 2. The van der Waals surface area contributed by atoms with Crippen LogP contribution in [0, 0.1) is 0 Å². The maximum absolute atomic E-state index is 11.3. The summed E-state index contributed by atoms with van der Waals surface area (Å²) in [4.78, 5) is 24.3. The van der Waals surface area contributed by atoms with E-state index in [1.807, 2.05) is 44.1 Å². The molecule has 1 aromatic rings. The molecular weight excluding hydrogens is 254 g/mol. The fourth-order valence-corrected chi connectivity index (χ4v) is 1.76. The lowest BCUT2D eigenvalue weighted by Crippen LogP contribution is -2.22. The summed E-state index contributed by atoms with van der Waals surface area (Å²) in [5.41, 5.74) is 3.10. The maximum Gasteiger partial charge on any atom is 0.219 e. The smallest absolute Gasteiger partial charge is 0.219 e. The van der Waals surface area contributed by atoms with E-state index in [4.69, 9.17) is 0 Å². The Morgan fingerprint density at radius 2 is 1.60 bits per heavy atom. The van der Waals surface area contributed by atoms with Crippen molar-refractivity contribution in [3.8, 4) is 0 Å². The summed E-state index contributed by atoms with van der Waals surface area (Å²) in [7, 11) is 3.93. The van der Waals surface area contributed by atoms with E-state index in [2.05, 4.69) is 10.6 Å². The molecule has 0 bridgehead atoms. The van der Waals surface area contributed by atoms with Crippen LogP contribution in [0.1, 0.15) is 31.4 Å². The Morgan fingerprint density at radius 1 is 1.05 bits per heavy atom. The Labute approximate surface area is 120 Å². The molecule has 0 aromatic heterocycles. The van der Waals surface area contributed by atoms with Gasteiger partial charge >= 0.3 is 0 Å². The molecular formula is C15H23N3O2. The van der Waals surface area contributed by atoms with Crippen molar-refractivity contribution < 1.29 is 9.59 Å². The lowest BCUT2D eigenvalue weighted by atomic mass is 10.1. The third kappa shape index (κ3) is 5.30. The first-order valence-corrected chi connectivity index (χ1v) is 6.73. The second-order valence-corrected chi connectivity index (χ2v) is 4.94.